The van der Waals surface area contributed by atoms with E-state index in [0.29, 0.717) is 13.0 Å². The maximum Gasteiger partial charge on any atom is 0.227 e. The van der Waals surface area contributed by atoms with E-state index in [2.05, 4.69) is 49.8 Å². The van der Waals surface area contributed by atoms with Crippen molar-refractivity contribution in [3.63, 3.8) is 0 Å². The summed E-state index contributed by atoms with van der Waals surface area (Å²) in [6.07, 6.45) is 1.49. The Bertz CT molecular complexity index is 537. The molecule has 1 aromatic rings. The molecule has 1 fully saturated rings. The van der Waals surface area contributed by atoms with Crippen molar-refractivity contribution in [3.8, 4) is 0 Å². The Hall–Kier alpha value is -0.653. The van der Waals surface area contributed by atoms with Crippen molar-refractivity contribution in [2.24, 2.45) is 0 Å². The lowest BCUT2D eigenvalue weighted by molar-refractivity contribution is -0.117. The van der Waals surface area contributed by atoms with Crippen molar-refractivity contribution in [3.05, 3.63) is 28.7 Å². The number of hydrogen-bond donors (Lipinski definition) is 0. The van der Waals surface area contributed by atoms with Gasteiger partial charge in [0, 0.05) is 16.6 Å². The second kappa shape index (κ2) is 6.46. The zero-order valence-corrected chi connectivity index (χ0v) is 16.7. The zero-order valence-electron chi connectivity index (χ0n) is 14.1. The van der Waals surface area contributed by atoms with Crippen molar-refractivity contribution in [1.82, 2.24) is 0 Å². The molecular formula is C17H26BrNO2Si. The minimum Gasteiger partial charge on any atom is -0.415 e. The predicted molar refractivity (Wildman–Crippen MR) is 97.8 cm³/mol. The number of anilines is 1. The first-order valence-electron chi connectivity index (χ1n) is 7.83. The average molecular weight is 384 g/mol. The minimum absolute atomic E-state index is 0.155. The summed E-state index contributed by atoms with van der Waals surface area (Å²) >= 11 is 3.44. The molecule has 22 heavy (non-hydrogen) atoms. The molecular weight excluding hydrogens is 358 g/mol. The van der Waals surface area contributed by atoms with Crippen molar-refractivity contribution in [2.75, 3.05) is 11.5 Å². The van der Waals surface area contributed by atoms with Gasteiger partial charge in [-0.3, -0.25) is 4.79 Å². The SMILES string of the molecule is CC(C)(C)[Si](C)(C)OC[C@@H]1CCC(=O)N1c1ccc(Br)cc1. The molecule has 122 valence electrons. The highest BCUT2D eigenvalue weighted by Crippen LogP contribution is 2.37. The van der Waals surface area contributed by atoms with Crippen molar-refractivity contribution in [1.29, 1.82) is 0 Å². The lowest BCUT2D eigenvalue weighted by atomic mass is 10.2. The van der Waals surface area contributed by atoms with E-state index in [4.69, 9.17) is 4.43 Å². The van der Waals surface area contributed by atoms with Crippen molar-refractivity contribution >= 4 is 35.8 Å². The molecule has 0 spiro atoms. The normalized spacial score (nSPS) is 19.8. The summed E-state index contributed by atoms with van der Waals surface area (Å²) in [5.74, 6) is 0.200. The third-order valence-electron chi connectivity index (χ3n) is 4.87. The number of carbonyl (C=O) groups is 1. The lowest BCUT2D eigenvalue weighted by Crippen LogP contribution is -2.45. The quantitative estimate of drug-likeness (QED) is 0.687. The van der Waals surface area contributed by atoms with E-state index in [1.54, 1.807) is 0 Å². The Labute approximate surface area is 143 Å². The van der Waals surface area contributed by atoms with Crippen molar-refractivity contribution in [2.45, 2.75) is 57.8 Å². The maximum atomic E-state index is 12.3. The molecule has 0 aliphatic carbocycles. The van der Waals surface area contributed by atoms with E-state index in [9.17, 15) is 4.79 Å². The number of hydrogen-bond acceptors (Lipinski definition) is 2. The average Bonchev–Trinajstić information content (AvgIpc) is 2.77. The van der Waals surface area contributed by atoms with Crippen LogP contribution in [0.3, 0.4) is 0 Å². The van der Waals surface area contributed by atoms with Gasteiger partial charge in [0.05, 0.1) is 12.6 Å². The molecule has 3 nitrogen and oxygen atoms in total. The van der Waals surface area contributed by atoms with E-state index in [1.807, 2.05) is 29.2 Å². The highest BCUT2D eigenvalue weighted by molar-refractivity contribution is 9.10. The number of halogens is 1. The van der Waals surface area contributed by atoms with Gasteiger partial charge in [0.15, 0.2) is 8.32 Å². The van der Waals surface area contributed by atoms with Gasteiger partial charge in [0.2, 0.25) is 5.91 Å². The smallest absolute Gasteiger partial charge is 0.227 e. The van der Waals surface area contributed by atoms with E-state index >= 15 is 0 Å². The van der Waals surface area contributed by atoms with Crippen LogP contribution >= 0.6 is 15.9 Å². The number of nitrogens with zero attached hydrogens (tertiary/aromatic N) is 1. The van der Waals surface area contributed by atoms with Gasteiger partial charge in [-0.2, -0.15) is 0 Å². The molecule has 2 rings (SSSR count). The Kier molecular flexibility index (Phi) is 5.19. The minimum atomic E-state index is -1.78. The van der Waals surface area contributed by atoms with E-state index in [0.717, 1.165) is 16.6 Å². The zero-order chi connectivity index (χ0) is 16.5. The van der Waals surface area contributed by atoms with Crippen LogP contribution in [0.25, 0.3) is 0 Å². The van der Waals surface area contributed by atoms with E-state index in [-0.39, 0.29) is 17.0 Å². The highest BCUT2D eigenvalue weighted by Gasteiger charge is 2.39. The predicted octanol–water partition coefficient (Wildman–Crippen LogP) is 4.97. The summed E-state index contributed by atoms with van der Waals surface area (Å²) in [5.41, 5.74) is 0.967. The Balaban J connectivity index is 2.10. The molecule has 0 aromatic heterocycles. The first-order chi connectivity index (χ1) is 10.1. The molecule has 0 saturated carbocycles. The third-order valence-corrected chi connectivity index (χ3v) is 9.90. The van der Waals surface area contributed by atoms with Crippen LogP contribution in [0.15, 0.2) is 28.7 Å². The van der Waals surface area contributed by atoms with Crippen molar-refractivity contribution < 1.29 is 9.22 Å². The molecule has 0 unspecified atom stereocenters. The fourth-order valence-corrected chi connectivity index (χ4v) is 3.69. The maximum absolute atomic E-state index is 12.3. The van der Waals surface area contributed by atoms with Crippen LogP contribution in [0.1, 0.15) is 33.6 Å². The first kappa shape index (κ1) is 17.7. The van der Waals surface area contributed by atoms with Gasteiger partial charge >= 0.3 is 0 Å². The summed E-state index contributed by atoms with van der Waals surface area (Å²) in [6, 6.07) is 8.10. The Morgan fingerprint density at radius 3 is 2.41 bits per heavy atom. The van der Waals surface area contributed by atoms with Crippen LogP contribution in [0.4, 0.5) is 5.69 Å². The van der Waals surface area contributed by atoms with Gasteiger partial charge in [0.25, 0.3) is 0 Å². The van der Waals surface area contributed by atoms with E-state index in [1.165, 1.54) is 0 Å². The van der Waals surface area contributed by atoms with Crippen LogP contribution in [0, 0.1) is 0 Å². The monoisotopic (exact) mass is 383 g/mol. The van der Waals surface area contributed by atoms with Crippen LogP contribution < -0.4 is 4.90 Å². The topological polar surface area (TPSA) is 29.5 Å². The van der Waals surface area contributed by atoms with Gasteiger partial charge in [-0.25, -0.2) is 0 Å². The molecule has 0 radical (unpaired) electrons. The second-order valence-electron chi connectivity index (χ2n) is 7.50. The third kappa shape index (κ3) is 3.81. The fraction of sp³-hybridized carbons (Fsp3) is 0.588. The van der Waals surface area contributed by atoms with Crippen LogP contribution in [0.2, 0.25) is 18.1 Å². The summed E-state index contributed by atoms with van der Waals surface area (Å²) in [6.45, 7) is 11.9. The Morgan fingerprint density at radius 1 is 1.27 bits per heavy atom. The summed E-state index contributed by atoms with van der Waals surface area (Å²) in [4.78, 5) is 14.2. The first-order valence-corrected chi connectivity index (χ1v) is 11.5. The Morgan fingerprint density at radius 2 is 1.86 bits per heavy atom. The van der Waals surface area contributed by atoms with E-state index < -0.39 is 8.32 Å². The van der Waals surface area contributed by atoms with Gasteiger partial charge < -0.3 is 9.33 Å². The number of rotatable bonds is 4. The van der Waals surface area contributed by atoms with Gasteiger partial charge in [-0.1, -0.05) is 36.7 Å². The number of benzene rings is 1. The molecule has 1 saturated heterocycles. The summed E-state index contributed by atoms with van der Waals surface area (Å²) < 4.78 is 7.36. The van der Waals surface area contributed by atoms with Gasteiger partial charge in [-0.05, 0) is 48.8 Å². The lowest BCUT2D eigenvalue weighted by Gasteiger charge is -2.38. The van der Waals surface area contributed by atoms with Crippen LogP contribution in [-0.4, -0.2) is 26.9 Å². The largest absolute Gasteiger partial charge is 0.415 e. The molecule has 1 amide bonds. The standard InChI is InChI=1S/C17H26BrNO2Si/c1-17(2,3)22(4,5)21-12-15-10-11-16(20)19(15)14-8-6-13(18)7-9-14/h6-9,15H,10-12H2,1-5H3/t15-/m0/s1. The highest BCUT2D eigenvalue weighted by atomic mass is 79.9. The van der Waals surface area contributed by atoms with Gasteiger partial charge in [-0.15, -0.1) is 0 Å². The van der Waals surface area contributed by atoms with Gasteiger partial charge in [0.1, 0.15) is 0 Å². The molecule has 0 N–H and O–H groups in total. The molecule has 1 aliphatic heterocycles. The summed E-state index contributed by atoms with van der Waals surface area (Å²) in [5, 5.41) is 0.193. The molecule has 0 bridgehead atoms. The fourth-order valence-electron chi connectivity index (χ4n) is 2.38. The molecule has 1 heterocycles. The molecule has 1 aliphatic rings. The molecule has 1 aromatic carbocycles. The van der Waals surface area contributed by atoms with Crippen LogP contribution in [0.5, 0.6) is 0 Å². The second-order valence-corrected chi connectivity index (χ2v) is 13.2. The number of carbonyl (C=O) groups excluding carboxylic acids is 1. The number of amides is 1. The molecule has 5 heteroatoms. The van der Waals surface area contributed by atoms with Crippen LogP contribution in [-0.2, 0) is 9.22 Å². The summed E-state index contributed by atoms with van der Waals surface area (Å²) in [7, 11) is -1.78. The molecule has 1 atom stereocenters.